The molecule has 0 saturated carbocycles. The van der Waals surface area contributed by atoms with Crippen LogP contribution in [0.3, 0.4) is 0 Å². The number of hydrogen-bond acceptors (Lipinski definition) is 3. The molecule has 0 radical (unpaired) electrons. The van der Waals surface area contributed by atoms with E-state index in [4.69, 9.17) is 11.6 Å². The van der Waals surface area contributed by atoms with E-state index in [1.807, 2.05) is 34.7 Å². The zero-order valence-corrected chi connectivity index (χ0v) is 13.3. The second-order valence-corrected chi connectivity index (χ2v) is 6.20. The highest BCUT2D eigenvalue weighted by Gasteiger charge is 2.26. The first-order valence-electron chi connectivity index (χ1n) is 7.52. The van der Waals surface area contributed by atoms with Gasteiger partial charge < -0.3 is 4.90 Å². The quantitative estimate of drug-likeness (QED) is 0.874. The molecule has 1 aromatic heterocycles. The van der Waals surface area contributed by atoms with Crippen LogP contribution in [0.25, 0.3) is 0 Å². The normalized spacial score (nSPS) is 18.5. The number of aromatic nitrogens is 3. The number of amides is 1. The lowest BCUT2D eigenvalue weighted by Crippen LogP contribution is -2.41. The van der Waals surface area contributed by atoms with E-state index >= 15 is 0 Å². The van der Waals surface area contributed by atoms with Crippen LogP contribution >= 0.6 is 11.6 Å². The van der Waals surface area contributed by atoms with Crippen molar-refractivity contribution < 1.29 is 4.79 Å². The van der Waals surface area contributed by atoms with Crippen LogP contribution in [0.1, 0.15) is 28.8 Å². The largest absolute Gasteiger partial charge is 0.338 e. The lowest BCUT2D eigenvalue weighted by atomic mass is 9.97. The molecule has 22 heavy (non-hydrogen) atoms. The zero-order chi connectivity index (χ0) is 15.5. The summed E-state index contributed by atoms with van der Waals surface area (Å²) < 4.78 is 1.84. The third kappa shape index (κ3) is 3.14. The first-order valence-corrected chi connectivity index (χ1v) is 7.89. The monoisotopic (exact) mass is 318 g/mol. The maximum Gasteiger partial charge on any atom is 0.254 e. The molecule has 0 bridgehead atoms. The van der Waals surface area contributed by atoms with Gasteiger partial charge in [-0.3, -0.25) is 9.48 Å². The van der Waals surface area contributed by atoms with Gasteiger partial charge >= 0.3 is 0 Å². The number of hydrogen-bond donors (Lipinski definition) is 0. The van der Waals surface area contributed by atoms with Gasteiger partial charge in [-0.05, 0) is 43.4 Å². The SMILES string of the molecule is Cc1c(Cl)cccc1C(=O)N1CCCC(Cn2cncn2)C1. The predicted molar refractivity (Wildman–Crippen MR) is 84.8 cm³/mol. The minimum Gasteiger partial charge on any atom is -0.338 e. The Balaban J connectivity index is 1.71. The average Bonchev–Trinajstić information content (AvgIpc) is 3.02. The van der Waals surface area contributed by atoms with E-state index in [-0.39, 0.29) is 5.91 Å². The Labute approximate surface area is 134 Å². The Morgan fingerprint density at radius 2 is 2.32 bits per heavy atom. The summed E-state index contributed by atoms with van der Waals surface area (Å²) in [5.41, 5.74) is 1.56. The highest BCUT2D eigenvalue weighted by Crippen LogP contribution is 2.24. The van der Waals surface area contributed by atoms with Crippen molar-refractivity contribution in [2.45, 2.75) is 26.3 Å². The van der Waals surface area contributed by atoms with Crippen molar-refractivity contribution in [3.8, 4) is 0 Å². The molecule has 1 fully saturated rings. The summed E-state index contributed by atoms with van der Waals surface area (Å²) in [6, 6.07) is 5.50. The summed E-state index contributed by atoms with van der Waals surface area (Å²) >= 11 is 6.13. The zero-order valence-electron chi connectivity index (χ0n) is 12.6. The Morgan fingerprint density at radius 3 is 3.09 bits per heavy atom. The first kappa shape index (κ1) is 15.0. The smallest absolute Gasteiger partial charge is 0.254 e. The fourth-order valence-corrected chi connectivity index (χ4v) is 3.17. The lowest BCUT2D eigenvalue weighted by molar-refractivity contribution is 0.0659. The van der Waals surface area contributed by atoms with Gasteiger partial charge in [0.05, 0.1) is 0 Å². The third-order valence-corrected chi connectivity index (χ3v) is 4.63. The average molecular weight is 319 g/mol. The molecular weight excluding hydrogens is 300 g/mol. The van der Waals surface area contributed by atoms with E-state index in [1.54, 1.807) is 12.7 Å². The molecule has 6 heteroatoms. The molecule has 3 rings (SSSR count). The molecule has 1 unspecified atom stereocenters. The van der Waals surface area contributed by atoms with Crippen LogP contribution < -0.4 is 0 Å². The van der Waals surface area contributed by atoms with Gasteiger partial charge in [0.1, 0.15) is 12.7 Å². The van der Waals surface area contributed by atoms with Gasteiger partial charge in [0, 0.05) is 30.2 Å². The standard InChI is InChI=1S/C16H19ClN4O/c1-12-14(5-2-6-15(12)17)16(22)20-7-3-4-13(8-20)9-21-11-18-10-19-21/h2,5-6,10-11,13H,3-4,7-9H2,1H3. The predicted octanol–water partition coefficient (Wildman–Crippen LogP) is 2.79. The van der Waals surface area contributed by atoms with E-state index in [2.05, 4.69) is 10.1 Å². The van der Waals surface area contributed by atoms with E-state index in [9.17, 15) is 4.79 Å². The second-order valence-electron chi connectivity index (χ2n) is 5.79. The molecule has 0 N–H and O–H groups in total. The fourth-order valence-electron chi connectivity index (χ4n) is 3.00. The summed E-state index contributed by atoms with van der Waals surface area (Å²) in [6.07, 6.45) is 5.39. The molecule has 0 spiro atoms. The van der Waals surface area contributed by atoms with Crippen molar-refractivity contribution in [2.24, 2.45) is 5.92 Å². The third-order valence-electron chi connectivity index (χ3n) is 4.22. The van der Waals surface area contributed by atoms with Crippen LogP contribution in [-0.4, -0.2) is 38.7 Å². The summed E-state index contributed by atoms with van der Waals surface area (Å²) in [6.45, 7) is 4.26. The summed E-state index contributed by atoms with van der Waals surface area (Å²) in [5, 5.41) is 4.79. The van der Waals surface area contributed by atoms with Gasteiger partial charge in [-0.2, -0.15) is 5.10 Å². The number of benzene rings is 1. The number of likely N-dealkylation sites (tertiary alicyclic amines) is 1. The molecule has 2 aromatic rings. The molecule has 5 nitrogen and oxygen atoms in total. The van der Waals surface area contributed by atoms with Gasteiger partial charge in [0.25, 0.3) is 5.91 Å². The molecule has 1 aliphatic rings. The summed E-state index contributed by atoms with van der Waals surface area (Å²) in [7, 11) is 0. The van der Waals surface area contributed by atoms with Crippen molar-refractivity contribution in [3.05, 3.63) is 47.0 Å². The Kier molecular flexibility index (Phi) is 4.43. The summed E-state index contributed by atoms with van der Waals surface area (Å²) in [5.74, 6) is 0.488. The molecule has 116 valence electrons. The Bertz CT molecular complexity index is 656. The van der Waals surface area contributed by atoms with Gasteiger partial charge in [-0.1, -0.05) is 17.7 Å². The van der Waals surface area contributed by atoms with Crippen LogP contribution in [0.4, 0.5) is 0 Å². The van der Waals surface area contributed by atoms with Crippen molar-refractivity contribution in [1.82, 2.24) is 19.7 Å². The number of nitrogens with zero attached hydrogens (tertiary/aromatic N) is 4. The van der Waals surface area contributed by atoms with Crippen molar-refractivity contribution >= 4 is 17.5 Å². The lowest BCUT2D eigenvalue weighted by Gasteiger charge is -2.33. The van der Waals surface area contributed by atoms with Crippen LogP contribution in [0.15, 0.2) is 30.9 Å². The number of rotatable bonds is 3. The van der Waals surface area contributed by atoms with Gasteiger partial charge in [-0.25, -0.2) is 4.98 Å². The number of halogens is 1. The van der Waals surface area contributed by atoms with Crippen LogP contribution in [-0.2, 0) is 6.54 Å². The van der Waals surface area contributed by atoms with E-state index < -0.39 is 0 Å². The van der Waals surface area contributed by atoms with Crippen molar-refractivity contribution in [2.75, 3.05) is 13.1 Å². The van der Waals surface area contributed by atoms with Gasteiger partial charge in [0.2, 0.25) is 0 Å². The molecule has 1 amide bonds. The topological polar surface area (TPSA) is 51.0 Å². The van der Waals surface area contributed by atoms with Crippen LogP contribution in [0, 0.1) is 12.8 Å². The van der Waals surface area contributed by atoms with Crippen LogP contribution in [0.2, 0.25) is 5.02 Å². The van der Waals surface area contributed by atoms with Crippen molar-refractivity contribution in [3.63, 3.8) is 0 Å². The maximum atomic E-state index is 12.8. The molecule has 1 atom stereocenters. The van der Waals surface area contributed by atoms with Crippen LogP contribution in [0.5, 0.6) is 0 Å². The number of piperidine rings is 1. The molecular formula is C16H19ClN4O. The minimum atomic E-state index is 0.0725. The molecule has 1 aliphatic heterocycles. The summed E-state index contributed by atoms with van der Waals surface area (Å²) in [4.78, 5) is 18.7. The highest BCUT2D eigenvalue weighted by molar-refractivity contribution is 6.31. The second kappa shape index (κ2) is 6.48. The van der Waals surface area contributed by atoms with Crippen molar-refractivity contribution in [1.29, 1.82) is 0 Å². The molecule has 1 aromatic carbocycles. The Hall–Kier alpha value is -1.88. The fraction of sp³-hybridized carbons (Fsp3) is 0.438. The highest BCUT2D eigenvalue weighted by atomic mass is 35.5. The maximum absolute atomic E-state index is 12.8. The van der Waals surface area contributed by atoms with Gasteiger partial charge in [-0.15, -0.1) is 0 Å². The van der Waals surface area contributed by atoms with E-state index in [0.717, 1.165) is 38.0 Å². The Morgan fingerprint density at radius 1 is 1.45 bits per heavy atom. The molecule has 0 aliphatic carbocycles. The van der Waals surface area contributed by atoms with E-state index in [1.165, 1.54) is 0 Å². The van der Waals surface area contributed by atoms with E-state index in [0.29, 0.717) is 16.5 Å². The molecule has 2 heterocycles. The number of carbonyl (C=O) groups excluding carboxylic acids is 1. The van der Waals surface area contributed by atoms with Gasteiger partial charge in [0.15, 0.2) is 0 Å². The first-order chi connectivity index (χ1) is 10.6. The molecule has 1 saturated heterocycles. The number of carbonyl (C=O) groups is 1. The minimum absolute atomic E-state index is 0.0725.